The number of piperidine rings is 1. The number of fused-ring (bicyclic) bond motifs is 1. The van der Waals surface area contributed by atoms with Gasteiger partial charge in [0.25, 0.3) is 5.91 Å². The average Bonchev–Trinajstić information content (AvgIpc) is 3.06. The maximum atomic E-state index is 15.3. The van der Waals surface area contributed by atoms with Crippen molar-refractivity contribution in [1.29, 1.82) is 0 Å². The Morgan fingerprint density at radius 1 is 1.12 bits per heavy atom. The highest BCUT2D eigenvalue weighted by molar-refractivity contribution is 6.06. The number of nitrogens with one attached hydrogen (secondary N) is 2. The number of nitrogens with zero attached hydrogens (tertiary/aromatic N) is 2. The van der Waals surface area contributed by atoms with Crippen LogP contribution in [-0.2, 0) is 33.9 Å². The monoisotopic (exact) mass is 468 g/mol. The average molecular weight is 469 g/mol. The third kappa shape index (κ3) is 4.41. The first-order valence-electron chi connectivity index (χ1n) is 12.4. The Morgan fingerprint density at radius 3 is 2.68 bits per heavy atom. The SMILES string of the molecule is [2H]C1([2H])c2c(NCc3cccc(CN4CCOCC4)c3F)cccc2C(=O)N1C1CCC(=O)NC1=O. The van der Waals surface area contributed by atoms with Crippen molar-refractivity contribution in [3.05, 3.63) is 64.5 Å². The molecule has 0 aliphatic carbocycles. The summed E-state index contributed by atoms with van der Waals surface area (Å²) in [6.45, 7) is 0.992. The van der Waals surface area contributed by atoms with E-state index in [1.165, 1.54) is 6.07 Å². The summed E-state index contributed by atoms with van der Waals surface area (Å²) in [4.78, 5) is 40.2. The van der Waals surface area contributed by atoms with Gasteiger partial charge < -0.3 is 15.0 Å². The van der Waals surface area contributed by atoms with Crippen molar-refractivity contribution in [2.24, 2.45) is 0 Å². The number of morpholine rings is 1. The molecule has 2 fully saturated rings. The van der Waals surface area contributed by atoms with E-state index in [1.807, 2.05) is 0 Å². The fraction of sp³-hybridized carbons (Fsp3) is 0.400. The molecule has 2 aromatic rings. The highest BCUT2D eigenvalue weighted by atomic mass is 19.1. The van der Waals surface area contributed by atoms with Crippen LogP contribution in [0.15, 0.2) is 36.4 Å². The molecule has 3 heterocycles. The van der Waals surface area contributed by atoms with Gasteiger partial charge in [0.15, 0.2) is 0 Å². The number of imide groups is 1. The molecule has 2 saturated heterocycles. The smallest absolute Gasteiger partial charge is 0.255 e. The lowest BCUT2D eigenvalue weighted by Crippen LogP contribution is -2.52. The fourth-order valence-corrected chi connectivity index (χ4v) is 4.53. The normalized spacial score (nSPS) is 23.3. The van der Waals surface area contributed by atoms with E-state index in [2.05, 4.69) is 15.5 Å². The minimum absolute atomic E-state index is 0.0256. The molecule has 2 aromatic carbocycles. The zero-order chi connectivity index (χ0) is 25.4. The van der Waals surface area contributed by atoms with E-state index >= 15 is 4.39 Å². The molecule has 0 aromatic heterocycles. The van der Waals surface area contributed by atoms with Crippen LogP contribution in [0.1, 0.15) is 42.6 Å². The number of anilines is 1. The second-order valence-corrected chi connectivity index (χ2v) is 8.61. The molecular weight excluding hydrogens is 439 g/mol. The number of benzene rings is 2. The Morgan fingerprint density at radius 2 is 1.88 bits per heavy atom. The van der Waals surface area contributed by atoms with Crippen LogP contribution in [0.2, 0.25) is 0 Å². The largest absolute Gasteiger partial charge is 0.381 e. The molecule has 3 amide bonds. The number of halogens is 1. The molecule has 3 aliphatic rings. The van der Waals surface area contributed by atoms with Gasteiger partial charge in [-0.3, -0.25) is 24.6 Å². The van der Waals surface area contributed by atoms with Gasteiger partial charge in [-0.2, -0.15) is 0 Å². The van der Waals surface area contributed by atoms with E-state index in [-0.39, 0.29) is 36.3 Å². The van der Waals surface area contributed by atoms with Gasteiger partial charge in [0.05, 0.1) is 16.0 Å². The van der Waals surface area contributed by atoms with Crippen molar-refractivity contribution in [3.63, 3.8) is 0 Å². The van der Waals surface area contributed by atoms with Crippen LogP contribution in [-0.4, -0.2) is 59.9 Å². The van der Waals surface area contributed by atoms with Crippen molar-refractivity contribution < 1.29 is 26.3 Å². The number of ether oxygens (including phenoxy) is 1. The van der Waals surface area contributed by atoms with Crippen LogP contribution < -0.4 is 10.6 Å². The molecule has 0 radical (unpaired) electrons. The Bertz CT molecular complexity index is 1220. The van der Waals surface area contributed by atoms with Crippen molar-refractivity contribution in [1.82, 2.24) is 15.1 Å². The second-order valence-electron chi connectivity index (χ2n) is 8.61. The van der Waals surface area contributed by atoms with Crippen molar-refractivity contribution in [3.8, 4) is 0 Å². The van der Waals surface area contributed by atoms with Gasteiger partial charge in [0.2, 0.25) is 11.8 Å². The van der Waals surface area contributed by atoms with Crippen LogP contribution in [0.5, 0.6) is 0 Å². The van der Waals surface area contributed by atoms with Crippen LogP contribution >= 0.6 is 0 Å². The number of carbonyl (C=O) groups excluding carboxylic acids is 3. The van der Waals surface area contributed by atoms with Gasteiger partial charge in [-0.05, 0) is 18.6 Å². The third-order valence-corrected chi connectivity index (χ3v) is 6.39. The first kappa shape index (κ1) is 20.1. The maximum absolute atomic E-state index is 15.3. The number of rotatable bonds is 6. The van der Waals surface area contributed by atoms with E-state index in [1.54, 1.807) is 30.3 Å². The summed E-state index contributed by atoms with van der Waals surface area (Å²) in [5.74, 6) is -2.08. The predicted molar refractivity (Wildman–Crippen MR) is 122 cm³/mol. The summed E-state index contributed by atoms with van der Waals surface area (Å²) in [5.41, 5.74) is 1.58. The number of hydrogen-bond acceptors (Lipinski definition) is 6. The predicted octanol–water partition coefficient (Wildman–Crippen LogP) is 2.03. The van der Waals surface area contributed by atoms with Gasteiger partial charge in [-0.25, -0.2) is 4.39 Å². The zero-order valence-corrected chi connectivity index (χ0v) is 18.6. The lowest BCUT2D eigenvalue weighted by atomic mass is 10.0. The molecular formula is C25H27FN4O4. The first-order chi connectivity index (χ1) is 17.3. The molecule has 0 saturated carbocycles. The van der Waals surface area contributed by atoms with Gasteiger partial charge in [-0.1, -0.05) is 24.3 Å². The van der Waals surface area contributed by atoms with E-state index < -0.39 is 30.3 Å². The highest BCUT2D eigenvalue weighted by Crippen LogP contribution is 2.32. The molecule has 5 rings (SSSR count). The standard InChI is InChI=1S/C25H27FN4O4/c26-23-16(3-1-4-17(23)14-29-9-11-34-12-10-29)13-27-20-6-2-5-18-19(20)15-30(25(18)33)21-7-8-22(31)28-24(21)32/h1-6,21,27H,7-15H2,(H,28,31,32)/i15D2. The van der Waals surface area contributed by atoms with E-state index in [4.69, 9.17) is 7.48 Å². The third-order valence-electron chi connectivity index (χ3n) is 6.39. The van der Waals surface area contributed by atoms with Crippen LogP contribution in [0, 0.1) is 5.82 Å². The summed E-state index contributed by atoms with van der Waals surface area (Å²) in [7, 11) is 0. The number of amides is 3. The maximum Gasteiger partial charge on any atom is 0.255 e. The van der Waals surface area contributed by atoms with Crippen molar-refractivity contribution >= 4 is 23.4 Å². The zero-order valence-electron chi connectivity index (χ0n) is 20.6. The van der Waals surface area contributed by atoms with Gasteiger partial charge in [0, 0.05) is 67.0 Å². The molecule has 1 atom stereocenters. The van der Waals surface area contributed by atoms with Gasteiger partial charge in [-0.15, -0.1) is 0 Å². The van der Waals surface area contributed by atoms with Crippen LogP contribution in [0.4, 0.5) is 10.1 Å². The highest BCUT2D eigenvalue weighted by Gasteiger charge is 2.39. The van der Waals surface area contributed by atoms with Crippen LogP contribution in [0.25, 0.3) is 0 Å². The summed E-state index contributed by atoms with van der Waals surface area (Å²) in [6.07, 6.45) is 0.0750. The summed E-state index contributed by atoms with van der Waals surface area (Å²) in [5, 5.41) is 5.29. The van der Waals surface area contributed by atoms with E-state index in [9.17, 15) is 14.4 Å². The molecule has 178 valence electrons. The minimum Gasteiger partial charge on any atom is -0.381 e. The van der Waals surface area contributed by atoms with Crippen molar-refractivity contribution in [2.45, 2.75) is 38.5 Å². The Hall–Kier alpha value is -3.30. The first-order valence-corrected chi connectivity index (χ1v) is 11.4. The topological polar surface area (TPSA) is 91.0 Å². The minimum atomic E-state index is -2.30. The van der Waals surface area contributed by atoms with E-state index in [0.29, 0.717) is 36.6 Å². The molecule has 34 heavy (non-hydrogen) atoms. The van der Waals surface area contributed by atoms with Crippen molar-refractivity contribution in [2.75, 3.05) is 31.6 Å². The lowest BCUT2D eigenvalue weighted by Gasteiger charge is -2.29. The molecule has 9 heteroatoms. The quantitative estimate of drug-likeness (QED) is 0.631. The Kier molecular flexibility index (Phi) is 5.63. The second kappa shape index (κ2) is 9.52. The fourth-order valence-electron chi connectivity index (χ4n) is 4.53. The molecule has 0 spiro atoms. The van der Waals surface area contributed by atoms with E-state index in [0.717, 1.165) is 18.0 Å². The summed E-state index contributed by atoms with van der Waals surface area (Å²) in [6, 6.07) is 8.88. The Balaban J connectivity index is 1.37. The van der Waals surface area contributed by atoms with Gasteiger partial charge >= 0.3 is 0 Å². The lowest BCUT2D eigenvalue weighted by molar-refractivity contribution is -0.136. The summed E-state index contributed by atoms with van der Waals surface area (Å²) < 4.78 is 38.2. The van der Waals surface area contributed by atoms with Crippen LogP contribution in [0.3, 0.4) is 0 Å². The van der Waals surface area contributed by atoms with Gasteiger partial charge in [0.1, 0.15) is 11.9 Å². The number of hydrogen-bond donors (Lipinski definition) is 2. The molecule has 0 bridgehead atoms. The Labute approximate surface area is 199 Å². The molecule has 2 N–H and O–H groups in total. The molecule has 1 unspecified atom stereocenters. The summed E-state index contributed by atoms with van der Waals surface area (Å²) >= 11 is 0. The number of carbonyl (C=O) groups is 3. The molecule has 3 aliphatic heterocycles. The molecule has 8 nitrogen and oxygen atoms in total.